The van der Waals surface area contributed by atoms with E-state index in [0.717, 1.165) is 39.1 Å². The monoisotopic (exact) mass is 332 g/mol. The maximum atomic E-state index is 11.9. The van der Waals surface area contributed by atoms with Crippen LogP contribution in [0.4, 0.5) is 0 Å². The molecule has 1 saturated carbocycles. The molecule has 0 unspecified atom stereocenters. The van der Waals surface area contributed by atoms with E-state index in [4.69, 9.17) is 5.10 Å². The second-order valence-corrected chi connectivity index (χ2v) is 7.41. The van der Waals surface area contributed by atoms with Crippen LogP contribution >= 0.6 is 0 Å². The summed E-state index contributed by atoms with van der Waals surface area (Å²) in [5.41, 5.74) is 2.74. The highest BCUT2D eigenvalue weighted by molar-refractivity contribution is 5.75. The summed E-state index contributed by atoms with van der Waals surface area (Å²) in [5.74, 6) is 0.946. The van der Waals surface area contributed by atoms with Gasteiger partial charge in [0.2, 0.25) is 5.91 Å². The molecule has 0 bridgehead atoms. The van der Waals surface area contributed by atoms with Crippen molar-refractivity contribution >= 4 is 5.91 Å². The first-order valence-electron chi connectivity index (χ1n) is 9.70. The molecule has 1 saturated heterocycles. The minimum atomic E-state index is 0.293. The van der Waals surface area contributed by atoms with Crippen molar-refractivity contribution < 1.29 is 4.79 Å². The van der Waals surface area contributed by atoms with Gasteiger partial charge < -0.3 is 4.90 Å². The van der Waals surface area contributed by atoms with E-state index in [0.29, 0.717) is 18.2 Å². The molecular weight excluding hydrogens is 300 g/mol. The molecule has 1 aliphatic heterocycles. The Morgan fingerprint density at radius 1 is 1.12 bits per heavy atom. The smallest absolute Gasteiger partial charge is 0.222 e. The van der Waals surface area contributed by atoms with Crippen LogP contribution in [0, 0.1) is 0 Å². The third-order valence-electron chi connectivity index (χ3n) is 5.57. The summed E-state index contributed by atoms with van der Waals surface area (Å²) in [7, 11) is 2.04. The highest BCUT2D eigenvalue weighted by Crippen LogP contribution is 2.33. The average molecular weight is 332 g/mol. The zero-order chi connectivity index (χ0) is 16.9. The maximum Gasteiger partial charge on any atom is 0.222 e. The molecule has 134 valence electrons. The van der Waals surface area contributed by atoms with Crippen molar-refractivity contribution in [1.29, 1.82) is 0 Å². The van der Waals surface area contributed by atoms with Crippen LogP contribution in [0.2, 0.25) is 0 Å². The third-order valence-corrected chi connectivity index (χ3v) is 5.57. The Hall–Kier alpha value is -1.36. The highest BCUT2D eigenvalue weighted by Gasteiger charge is 2.24. The Bertz CT molecular complexity index is 548. The van der Waals surface area contributed by atoms with E-state index in [2.05, 4.69) is 11.1 Å². The number of carbonyl (C=O) groups is 1. The van der Waals surface area contributed by atoms with Crippen molar-refractivity contribution in [2.45, 2.75) is 64.3 Å². The van der Waals surface area contributed by atoms with E-state index in [1.807, 2.05) is 23.6 Å². The Morgan fingerprint density at radius 3 is 2.67 bits per heavy atom. The van der Waals surface area contributed by atoms with E-state index in [-0.39, 0.29) is 0 Å². The number of carbonyl (C=O) groups excluding carboxylic acids is 1. The van der Waals surface area contributed by atoms with Gasteiger partial charge in [0.25, 0.3) is 0 Å². The first kappa shape index (κ1) is 17.5. The van der Waals surface area contributed by atoms with E-state index < -0.39 is 0 Å². The van der Waals surface area contributed by atoms with Gasteiger partial charge in [-0.1, -0.05) is 26.2 Å². The molecule has 0 radical (unpaired) electrons. The van der Waals surface area contributed by atoms with Gasteiger partial charge in [0, 0.05) is 63.9 Å². The van der Waals surface area contributed by atoms with Crippen molar-refractivity contribution in [1.82, 2.24) is 19.6 Å². The summed E-state index contributed by atoms with van der Waals surface area (Å²) >= 11 is 0. The largest absolute Gasteiger partial charge is 0.341 e. The first-order chi connectivity index (χ1) is 11.7. The Kier molecular flexibility index (Phi) is 5.93. The number of nitrogens with zero attached hydrogens (tertiary/aromatic N) is 4. The summed E-state index contributed by atoms with van der Waals surface area (Å²) in [6.45, 7) is 6.76. The lowest BCUT2D eigenvalue weighted by molar-refractivity contribution is -0.130. The predicted octanol–water partition coefficient (Wildman–Crippen LogP) is 2.91. The number of hydrogen-bond acceptors (Lipinski definition) is 3. The molecule has 2 fully saturated rings. The molecule has 1 aromatic heterocycles. The van der Waals surface area contributed by atoms with Gasteiger partial charge in [0.1, 0.15) is 0 Å². The predicted molar refractivity (Wildman–Crippen MR) is 95.8 cm³/mol. The van der Waals surface area contributed by atoms with Crippen LogP contribution in [-0.4, -0.2) is 51.7 Å². The van der Waals surface area contributed by atoms with Crippen LogP contribution in [0.15, 0.2) is 6.20 Å². The number of aryl methyl sites for hydroxylation is 1. The van der Waals surface area contributed by atoms with Crippen LogP contribution < -0.4 is 0 Å². The molecule has 5 heteroatoms. The van der Waals surface area contributed by atoms with Gasteiger partial charge in [-0.2, -0.15) is 5.10 Å². The van der Waals surface area contributed by atoms with Gasteiger partial charge in [-0.15, -0.1) is 0 Å². The fourth-order valence-electron chi connectivity index (χ4n) is 4.24. The van der Waals surface area contributed by atoms with Crippen molar-refractivity contribution in [3.05, 3.63) is 17.5 Å². The number of hydrogen-bond donors (Lipinski definition) is 0. The van der Waals surface area contributed by atoms with E-state index >= 15 is 0 Å². The molecule has 1 amide bonds. The molecule has 24 heavy (non-hydrogen) atoms. The SMILES string of the molecule is CCC(=O)N1CCCN(Cc2cn(C)nc2C2CCCCC2)CC1. The lowest BCUT2D eigenvalue weighted by Crippen LogP contribution is -2.34. The second kappa shape index (κ2) is 8.15. The molecule has 3 rings (SSSR count). The minimum Gasteiger partial charge on any atom is -0.341 e. The first-order valence-corrected chi connectivity index (χ1v) is 9.70. The van der Waals surface area contributed by atoms with Gasteiger partial charge in [-0.3, -0.25) is 14.4 Å². The van der Waals surface area contributed by atoms with Gasteiger partial charge >= 0.3 is 0 Å². The standard InChI is InChI=1S/C19H32N4O/c1-3-18(24)23-11-7-10-22(12-13-23)15-17-14-21(2)20-19(17)16-8-5-4-6-9-16/h14,16H,3-13,15H2,1-2H3. The fourth-order valence-corrected chi connectivity index (χ4v) is 4.24. The molecule has 0 spiro atoms. The summed E-state index contributed by atoms with van der Waals surface area (Å²) in [4.78, 5) is 16.5. The zero-order valence-electron chi connectivity index (χ0n) is 15.3. The lowest BCUT2D eigenvalue weighted by atomic mass is 9.85. The quantitative estimate of drug-likeness (QED) is 0.851. The van der Waals surface area contributed by atoms with Gasteiger partial charge in [-0.05, 0) is 19.3 Å². The number of rotatable bonds is 4. The van der Waals surface area contributed by atoms with Crippen LogP contribution in [-0.2, 0) is 18.4 Å². The van der Waals surface area contributed by atoms with Crippen LogP contribution in [0.3, 0.4) is 0 Å². The topological polar surface area (TPSA) is 41.4 Å². The van der Waals surface area contributed by atoms with Crippen molar-refractivity contribution in [2.75, 3.05) is 26.2 Å². The summed E-state index contributed by atoms with van der Waals surface area (Å²) < 4.78 is 1.99. The molecular formula is C19H32N4O. The molecule has 5 nitrogen and oxygen atoms in total. The Labute approximate surface area is 146 Å². The zero-order valence-corrected chi connectivity index (χ0v) is 15.3. The molecule has 0 atom stereocenters. The Balaban J connectivity index is 1.64. The molecule has 0 N–H and O–H groups in total. The average Bonchev–Trinajstić information content (AvgIpc) is 2.81. The number of aromatic nitrogens is 2. The normalized spacial score (nSPS) is 21.0. The maximum absolute atomic E-state index is 11.9. The number of amides is 1. The second-order valence-electron chi connectivity index (χ2n) is 7.41. The van der Waals surface area contributed by atoms with E-state index in [1.165, 1.54) is 43.4 Å². The fraction of sp³-hybridized carbons (Fsp3) is 0.789. The van der Waals surface area contributed by atoms with Crippen LogP contribution in [0.25, 0.3) is 0 Å². The molecule has 2 heterocycles. The van der Waals surface area contributed by atoms with Gasteiger partial charge in [-0.25, -0.2) is 0 Å². The van der Waals surface area contributed by atoms with Crippen LogP contribution in [0.1, 0.15) is 69.0 Å². The summed E-state index contributed by atoms with van der Waals surface area (Å²) in [6.07, 6.45) is 10.6. The molecule has 1 aromatic rings. The van der Waals surface area contributed by atoms with Crippen LogP contribution in [0.5, 0.6) is 0 Å². The van der Waals surface area contributed by atoms with Crippen molar-refractivity contribution in [2.24, 2.45) is 7.05 Å². The van der Waals surface area contributed by atoms with Crippen molar-refractivity contribution in [3.63, 3.8) is 0 Å². The summed E-state index contributed by atoms with van der Waals surface area (Å²) in [5, 5.41) is 4.81. The highest BCUT2D eigenvalue weighted by atomic mass is 16.2. The molecule has 1 aliphatic carbocycles. The molecule has 2 aliphatic rings. The van der Waals surface area contributed by atoms with E-state index in [1.54, 1.807) is 0 Å². The summed E-state index contributed by atoms with van der Waals surface area (Å²) in [6, 6.07) is 0. The lowest BCUT2D eigenvalue weighted by Gasteiger charge is -2.24. The van der Waals surface area contributed by atoms with Gasteiger partial charge in [0.15, 0.2) is 0 Å². The van der Waals surface area contributed by atoms with E-state index in [9.17, 15) is 4.79 Å². The minimum absolute atomic E-state index is 0.293. The molecule has 0 aromatic carbocycles. The Morgan fingerprint density at radius 2 is 1.92 bits per heavy atom. The van der Waals surface area contributed by atoms with Gasteiger partial charge in [0.05, 0.1) is 5.69 Å². The third kappa shape index (κ3) is 4.18. The van der Waals surface area contributed by atoms with Crippen molar-refractivity contribution in [3.8, 4) is 0 Å².